The molecule has 2 aliphatic carbocycles. The average molecular weight is 455 g/mol. The van der Waals surface area contributed by atoms with E-state index in [1.807, 2.05) is 0 Å². The fourth-order valence-corrected chi connectivity index (χ4v) is 6.04. The summed E-state index contributed by atoms with van der Waals surface area (Å²) >= 11 is 0. The number of aryl methyl sites for hydroxylation is 2. The highest BCUT2D eigenvalue weighted by Gasteiger charge is 2.52. The van der Waals surface area contributed by atoms with Crippen molar-refractivity contribution in [2.45, 2.75) is 46.6 Å². The molecule has 3 aromatic carbocycles. The van der Waals surface area contributed by atoms with Crippen molar-refractivity contribution in [2.24, 2.45) is 17.3 Å². The van der Waals surface area contributed by atoms with Gasteiger partial charge in [0.2, 0.25) is 0 Å². The SMILES string of the molecule is Cc1cc(OCC2(C)COC2)cc(C)c1-c1cccc(COc2ccc3c(c2)C[C@H]2[C@H](C)[C@@H]32)c1. The van der Waals surface area contributed by atoms with Gasteiger partial charge in [-0.2, -0.15) is 0 Å². The van der Waals surface area contributed by atoms with E-state index in [4.69, 9.17) is 14.2 Å². The number of rotatable bonds is 7. The molecule has 1 saturated heterocycles. The molecule has 34 heavy (non-hydrogen) atoms. The van der Waals surface area contributed by atoms with Gasteiger partial charge in [-0.05, 0) is 107 Å². The van der Waals surface area contributed by atoms with Gasteiger partial charge in [0, 0.05) is 5.41 Å². The van der Waals surface area contributed by atoms with Gasteiger partial charge in [-0.25, -0.2) is 0 Å². The van der Waals surface area contributed by atoms with Crippen LogP contribution in [0.1, 0.15) is 47.6 Å². The van der Waals surface area contributed by atoms with Gasteiger partial charge in [0.05, 0.1) is 19.8 Å². The quantitative estimate of drug-likeness (QED) is 0.390. The maximum absolute atomic E-state index is 6.21. The Morgan fingerprint density at radius 1 is 0.941 bits per heavy atom. The first-order valence-corrected chi connectivity index (χ1v) is 12.6. The zero-order valence-corrected chi connectivity index (χ0v) is 20.7. The molecule has 2 fully saturated rings. The Labute approximate surface area is 203 Å². The maximum Gasteiger partial charge on any atom is 0.120 e. The van der Waals surface area contributed by atoms with E-state index in [1.54, 1.807) is 5.56 Å². The van der Waals surface area contributed by atoms with E-state index in [2.05, 4.69) is 82.3 Å². The zero-order chi connectivity index (χ0) is 23.4. The largest absolute Gasteiger partial charge is 0.493 e. The molecule has 0 aromatic heterocycles. The summed E-state index contributed by atoms with van der Waals surface area (Å²) in [5, 5.41) is 0. The highest BCUT2D eigenvalue weighted by atomic mass is 16.5. The predicted molar refractivity (Wildman–Crippen MR) is 136 cm³/mol. The number of fused-ring (bicyclic) bond motifs is 3. The Morgan fingerprint density at radius 2 is 1.74 bits per heavy atom. The second kappa shape index (κ2) is 8.16. The standard InChI is InChI=1S/C31H34O3/c1-19-10-26(34-18-31(4)16-32-17-31)11-20(2)29(19)23-7-5-6-22(12-23)15-33-25-8-9-27-24(13-25)14-28-21(3)30(27)28/h5-13,21,28,30H,14-18H2,1-4H3/t21-,28-,30-/m0/s1. The van der Waals surface area contributed by atoms with Crippen LogP contribution in [-0.4, -0.2) is 19.8 Å². The minimum atomic E-state index is 0.145. The van der Waals surface area contributed by atoms with Gasteiger partial charge in [-0.3, -0.25) is 0 Å². The maximum atomic E-state index is 6.21. The molecule has 3 aromatic rings. The third-order valence-electron chi connectivity index (χ3n) is 8.11. The van der Waals surface area contributed by atoms with E-state index < -0.39 is 0 Å². The van der Waals surface area contributed by atoms with Crippen molar-refractivity contribution in [3.8, 4) is 22.6 Å². The van der Waals surface area contributed by atoms with Crippen LogP contribution in [-0.2, 0) is 17.8 Å². The molecule has 176 valence electrons. The van der Waals surface area contributed by atoms with Gasteiger partial charge in [0.25, 0.3) is 0 Å². The van der Waals surface area contributed by atoms with E-state index in [0.29, 0.717) is 13.2 Å². The molecule has 3 heteroatoms. The highest BCUT2D eigenvalue weighted by molar-refractivity contribution is 5.72. The van der Waals surface area contributed by atoms with Crippen LogP contribution in [0.2, 0.25) is 0 Å². The number of benzene rings is 3. The summed E-state index contributed by atoms with van der Waals surface area (Å²) in [6.45, 7) is 11.8. The zero-order valence-electron chi connectivity index (χ0n) is 20.7. The summed E-state index contributed by atoms with van der Waals surface area (Å²) in [6.07, 6.45) is 1.22. The van der Waals surface area contributed by atoms with Crippen LogP contribution >= 0.6 is 0 Å². The van der Waals surface area contributed by atoms with Crippen molar-refractivity contribution >= 4 is 0 Å². The first kappa shape index (κ1) is 21.7. The smallest absolute Gasteiger partial charge is 0.120 e. The Kier molecular flexibility index (Phi) is 5.22. The third kappa shape index (κ3) is 3.90. The van der Waals surface area contributed by atoms with Crippen molar-refractivity contribution in [2.75, 3.05) is 19.8 Å². The predicted octanol–water partition coefficient (Wildman–Crippen LogP) is 6.87. The number of hydrogen-bond acceptors (Lipinski definition) is 3. The molecule has 0 N–H and O–H groups in total. The van der Waals surface area contributed by atoms with Crippen molar-refractivity contribution in [3.63, 3.8) is 0 Å². The first-order valence-electron chi connectivity index (χ1n) is 12.6. The fourth-order valence-electron chi connectivity index (χ4n) is 6.04. The first-order chi connectivity index (χ1) is 16.4. The number of ether oxygens (including phenoxy) is 3. The Balaban J connectivity index is 1.15. The van der Waals surface area contributed by atoms with Gasteiger partial charge in [0.1, 0.15) is 18.1 Å². The summed E-state index contributed by atoms with van der Waals surface area (Å²) in [5.41, 5.74) is 9.35. The summed E-state index contributed by atoms with van der Waals surface area (Å²) in [6, 6.07) is 19.8. The molecule has 3 aliphatic rings. The molecule has 3 nitrogen and oxygen atoms in total. The van der Waals surface area contributed by atoms with Crippen molar-refractivity contribution in [3.05, 3.63) is 82.4 Å². The monoisotopic (exact) mass is 454 g/mol. The van der Waals surface area contributed by atoms with E-state index in [9.17, 15) is 0 Å². The molecule has 1 aliphatic heterocycles. The van der Waals surface area contributed by atoms with Crippen LogP contribution in [0.15, 0.2) is 54.6 Å². The van der Waals surface area contributed by atoms with E-state index in [0.717, 1.165) is 42.5 Å². The second-order valence-electron chi connectivity index (χ2n) is 11.1. The Hall–Kier alpha value is -2.78. The summed E-state index contributed by atoms with van der Waals surface area (Å²) in [4.78, 5) is 0. The third-order valence-corrected chi connectivity index (χ3v) is 8.11. The summed E-state index contributed by atoms with van der Waals surface area (Å²) in [7, 11) is 0. The molecular formula is C31H34O3. The van der Waals surface area contributed by atoms with Crippen LogP contribution in [0.5, 0.6) is 11.5 Å². The van der Waals surface area contributed by atoms with Crippen LogP contribution in [0, 0.1) is 31.1 Å². The molecule has 3 atom stereocenters. The van der Waals surface area contributed by atoms with Gasteiger partial charge in [-0.1, -0.05) is 38.1 Å². The summed E-state index contributed by atoms with van der Waals surface area (Å²) < 4.78 is 17.7. The normalized spacial score (nSPS) is 23.6. The average Bonchev–Trinajstić information content (AvgIpc) is 3.25. The highest BCUT2D eigenvalue weighted by Crippen LogP contribution is 2.61. The summed E-state index contributed by atoms with van der Waals surface area (Å²) in [5.74, 6) is 4.47. The lowest BCUT2D eigenvalue weighted by Crippen LogP contribution is -2.44. The topological polar surface area (TPSA) is 27.7 Å². The lowest BCUT2D eigenvalue weighted by molar-refractivity contribution is -0.120. The van der Waals surface area contributed by atoms with Gasteiger partial charge in [0.15, 0.2) is 0 Å². The van der Waals surface area contributed by atoms with E-state index in [1.165, 1.54) is 39.8 Å². The molecule has 0 radical (unpaired) electrons. The lowest BCUT2D eigenvalue weighted by atomic mass is 9.90. The molecule has 1 saturated carbocycles. The Bertz CT molecular complexity index is 1220. The van der Waals surface area contributed by atoms with Crippen LogP contribution in [0.4, 0.5) is 0 Å². The molecular weight excluding hydrogens is 420 g/mol. The van der Waals surface area contributed by atoms with Gasteiger partial charge >= 0.3 is 0 Å². The Morgan fingerprint density at radius 3 is 2.47 bits per heavy atom. The lowest BCUT2D eigenvalue weighted by Gasteiger charge is -2.37. The molecule has 0 unspecified atom stereocenters. The minimum absolute atomic E-state index is 0.145. The van der Waals surface area contributed by atoms with Gasteiger partial charge < -0.3 is 14.2 Å². The van der Waals surface area contributed by atoms with Crippen LogP contribution in [0.3, 0.4) is 0 Å². The van der Waals surface area contributed by atoms with Gasteiger partial charge in [-0.15, -0.1) is 0 Å². The second-order valence-corrected chi connectivity index (χ2v) is 11.1. The van der Waals surface area contributed by atoms with Crippen LogP contribution < -0.4 is 9.47 Å². The van der Waals surface area contributed by atoms with Crippen molar-refractivity contribution in [1.82, 2.24) is 0 Å². The molecule has 0 amide bonds. The van der Waals surface area contributed by atoms with Crippen LogP contribution in [0.25, 0.3) is 11.1 Å². The molecule has 0 spiro atoms. The molecule has 6 rings (SSSR count). The molecule has 1 heterocycles. The fraction of sp³-hybridized carbons (Fsp3) is 0.419. The minimum Gasteiger partial charge on any atom is -0.493 e. The molecule has 0 bridgehead atoms. The van der Waals surface area contributed by atoms with Crippen molar-refractivity contribution < 1.29 is 14.2 Å². The van der Waals surface area contributed by atoms with E-state index >= 15 is 0 Å². The van der Waals surface area contributed by atoms with Crippen molar-refractivity contribution in [1.29, 1.82) is 0 Å². The van der Waals surface area contributed by atoms with E-state index in [-0.39, 0.29) is 5.41 Å². The number of hydrogen-bond donors (Lipinski definition) is 0.